The number of anilines is 1. The molecule has 2 aromatic heterocycles. The summed E-state index contributed by atoms with van der Waals surface area (Å²) in [7, 11) is 1.52. The zero-order chi connectivity index (χ0) is 11.4. The van der Waals surface area contributed by atoms with E-state index in [2.05, 4.69) is 35.2 Å². The van der Waals surface area contributed by atoms with Crippen LogP contribution in [-0.4, -0.2) is 39.3 Å². The van der Waals surface area contributed by atoms with Gasteiger partial charge in [-0.15, -0.1) is 0 Å². The molecule has 0 radical (unpaired) electrons. The lowest BCUT2D eigenvalue weighted by Crippen LogP contribution is -2.12. The number of rotatable bonds is 4. The van der Waals surface area contributed by atoms with Crippen LogP contribution in [0.15, 0.2) is 17.8 Å². The molecule has 2 N–H and O–H groups in total. The summed E-state index contributed by atoms with van der Waals surface area (Å²) in [5.41, 5.74) is 2.25. The number of imidazole rings is 1. The first-order chi connectivity index (χ1) is 7.81. The van der Waals surface area contributed by atoms with Gasteiger partial charge in [0.2, 0.25) is 0 Å². The lowest BCUT2D eigenvalue weighted by molar-refractivity contribution is 0.213. The van der Waals surface area contributed by atoms with Crippen LogP contribution in [0.2, 0.25) is 0 Å². The van der Waals surface area contributed by atoms with Gasteiger partial charge in [0.15, 0.2) is 11.5 Å². The van der Waals surface area contributed by atoms with Crippen LogP contribution >= 0.6 is 0 Å². The number of fused-ring (bicyclic) bond motifs is 1. The Morgan fingerprint density at radius 3 is 3.19 bits per heavy atom. The molecule has 2 heterocycles. The fraction of sp³-hybridized carbons (Fsp3) is 0.333. The van der Waals surface area contributed by atoms with Crippen molar-refractivity contribution in [3.05, 3.63) is 12.7 Å². The highest BCUT2D eigenvalue weighted by molar-refractivity contribution is 5.88. The molecule has 0 aliphatic rings. The van der Waals surface area contributed by atoms with E-state index in [0.717, 1.165) is 11.2 Å². The molecule has 0 amide bonds. The average molecular weight is 220 g/mol. The second-order valence-corrected chi connectivity index (χ2v) is 3.19. The van der Waals surface area contributed by atoms with Gasteiger partial charge < -0.3 is 15.1 Å². The van der Waals surface area contributed by atoms with E-state index in [4.69, 9.17) is 0 Å². The Morgan fingerprint density at radius 2 is 2.38 bits per heavy atom. The van der Waals surface area contributed by atoms with Gasteiger partial charge in [0.25, 0.3) is 0 Å². The molecule has 2 aromatic rings. The zero-order valence-electron chi connectivity index (χ0n) is 9.06. The van der Waals surface area contributed by atoms with Crippen LogP contribution in [0.1, 0.15) is 6.92 Å². The van der Waals surface area contributed by atoms with E-state index in [1.165, 1.54) is 13.4 Å². The molecule has 0 atom stereocenters. The van der Waals surface area contributed by atoms with E-state index in [1.54, 1.807) is 6.33 Å². The second-order valence-electron chi connectivity index (χ2n) is 3.19. The van der Waals surface area contributed by atoms with Crippen molar-refractivity contribution in [2.45, 2.75) is 6.92 Å². The highest BCUT2D eigenvalue weighted by Gasteiger charge is 2.04. The molecule has 84 valence electrons. The smallest absolute Gasteiger partial charge is 0.182 e. The van der Waals surface area contributed by atoms with Crippen molar-refractivity contribution in [2.75, 3.05) is 19.0 Å². The minimum atomic E-state index is 0.555. The Balaban J connectivity index is 2.15. The lowest BCUT2D eigenvalue weighted by atomic mass is 10.4. The number of hydrogen-bond acceptors (Lipinski definition) is 6. The molecule has 7 heteroatoms. The van der Waals surface area contributed by atoms with Crippen molar-refractivity contribution in [1.29, 1.82) is 0 Å². The molecule has 0 bridgehead atoms. The summed E-state index contributed by atoms with van der Waals surface area (Å²) in [6.07, 6.45) is 3.05. The normalized spacial score (nSPS) is 11.8. The summed E-state index contributed by atoms with van der Waals surface area (Å²) in [5, 5.41) is 6.92. The number of hydrogen-bond donors (Lipinski definition) is 2. The average Bonchev–Trinajstić information content (AvgIpc) is 2.75. The summed E-state index contributed by atoms with van der Waals surface area (Å²) in [6, 6.07) is 0. The van der Waals surface area contributed by atoms with Crippen molar-refractivity contribution < 1.29 is 4.84 Å². The van der Waals surface area contributed by atoms with E-state index in [-0.39, 0.29) is 0 Å². The highest BCUT2D eigenvalue weighted by atomic mass is 16.6. The molecule has 2 rings (SSSR count). The number of oxime groups is 1. The van der Waals surface area contributed by atoms with E-state index in [0.29, 0.717) is 18.0 Å². The molecule has 0 spiro atoms. The van der Waals surface area contributed by atoms with E-state index in [9.17, 15) is 0 Å². The van der Waals surface area contributed by atoms with Crippen LogP contribution in [0.3, 0.4) is 0 Å². The number of aromatic nitrogens is 4. The quantitative estimate of drug-likeness (QED) is 0.587. The maximum Gasteiger partial charge on any atom is 0.182 e. The molecule has 0 fully saturated rings. The summed E-state index contributed by atoms with van der Waals surface area (Å²) in [5.74, 6) is 0.702. The molecule has 0 aliphatic heterocycles. The SMILES string of the molecule is CON=C(C)CNc1ncnc2nc[nH]c12. The van der Waals surface area contributed by atoms with E-state index < -0.39 is 0 Å². The summed E-state index contributed by atoms with van der Waals surface area (Å²) < 4.78 is 0. The zero-order valence-corrected chi connectivity index (χ0v) is 9.06. The Hall–Kier alpha value is -2.18. The van der Waals surface area contributed by atoms with Gasteiger partial charge in [-0.25, -0.2) is 15.0 Å². The van der Waals surface area contributed by atoms with Gasteiger partial charge >= 0.3 is 0 Å². The minimum Gasteiger partial charge on any atom is -0.399 e. The predicted octanol–water partition coefficient (Wildman–Crippen LogP) is 0.787. The minimum absolute atomic E-state index is 0.555. The summed E-state index contributed by atoms with van der Waals surface area (Å²) >= 11 is 0. The van der Waals surface area contributed by atoms with E-state index in [1.807, 2.05) is 6.92 Å². The van der Waals surface area contributed by atoms with Gasteiger partial charge in [-0.1, -0.05) is 5.16 Å². The molecule has 0 unspecified atom stereocenters. The third kappa shape index (κ3) is 2.08. The molecule has 7 nitrogen and oxygen atoms in total. The second kappa shape index (κ2) is 4.56. The molecule has 0 saturated carbocycles. The Kier molecular flexibility index (Phi) is 2.95. The number of nitrogens with zero attached hydrogens (tertiary/aromatic N) is 4. The van der Waals surface area contributed by atoms with Gasteiger partial charge in [-0.3, -0.25) is 0 Å². The molecule has 0 saturated heterocycles. The van der Waals surface area contributed by atoms with Crippen molar-refractivity contribution in [1.82, 2.24) is 19.9 Å². The topological polar surface area (TPSA) is 88.1 Å². The van der Waals surface area contributed by atoms with E-state index >= 15 is 0 Å². The molecule has 0 aliphatic carbocycles. The Labute approximate surface area is 92.0 Å². The standard InChI is InChI=1S/C9H12N6O/c1-6(15-16-2)3-10-8-7-9(12-4-11-7)14-5-13-8/h4-5H,3H2,1-2H3,(H2,10,11,12,13,14). The monoisotopic (exact) mass is 220 g/mol. The van der Waals surface area contributed by atoms with Gasteiger partial charge in [-0.05, 0) is 6.92 Å². The van der Waals surface area contributed by atoms with Crippen LogP contribution < -0.4 is 5.32 Å². The van der Waals surface area contributed by atoms with Crippen LogP contribution in [0.4, 0.5) is 5.82 Å². The van der Waals surface area contributed by atoms with Crippen LogP contribution in [0.25, 0.3) is 11.2 Å². The first-order valence-electron chi connectivity index (χ1n) is 4.76. The molecular formula is C9H12N6O. The van der Waals surface area contributed by atoms with Gasteiger partial charge in [0.05, 0.1) is 18.6 Å². The summed E-state index contributed by atoms with van der Waals surface area (Å²) in [6.45, 7) is 2.42. The third-order valence-electron chi connectivity index (χ3n) is 1.98. The molecule has 16 heavy (non-hydrogen) atoms. The van der Waals surface area contributed by atoms with Gasteiger partial charge in [0.1, 0.15) is 19.0 Å². The fourth-order valence-corrected chi connectivity index (χ4v) is 1.30. The highest BCUT2D eigenvalue weighted by Crippen LogP contribution is 2.13. The van der Waals surface area contributed by atoms with Crippen molar-refractivity contribution in [3.63, 3.8) is 0 Å². The lowest BCUT2D eigenvalue weighted by Gasteiger charge is -2.04. The van der Waals surface area contributed by atoms with Crippen molar-refractivity contribution >= 4 is 22.7 Å². The maximum atomic E-state index is 4.66. The Bertz CT molecular complexity index is 505. The van der Waals surface area contributed by atoms with Gasteiger partial charge in [-0.2, -0.15) is 0 Å². The Morgan fingerprint density at radius 1 is 1.50 bits per heavy atom. The number of H-pyrrole nitrogens is 1. The predicted molar refractivity (Wildman–Crippen MR) is 60.3 cm³/mol. The number of nitrogens with one attached hydrogen (secondary N) is 2. The molecule has 0 aromatic carbocycles. The number of aromatic amines is 1. The summed E-state index contributed by atoms with van der Waals surface area (Å²) in [4.78, 5) is 19.8. The first kappa shape index (κ1) is 10.3. The van der Waals surface area contributed by atoms with Crippen LogP contribution in [0, 0.1) is 0 Å². The van der Waals surface area contributed by atoms with Gasteiger partial charge in [0, 0.05) is 0 Å². The first-order valence-corrected chi connectivity index (χ1v) is 4.76. The maximum absolute atomic E-state index is 4.66. The van der Waals surface area contributed by atoms with Crippen LogP contribution in [-0.2, 0) is 4.84 Å². The molecular weight excluding hydrogens is 208 g/mol. The van der Waals surface area contributed by atoms with Crippen molar-refractivity contribution in [2.24, 2.45) is 5.16 Å². The van der Waals surface area contributed by atoms with Crippen molar-refractivity contribution in [3.8, 4) is 0 Å². The largest absolute Gasteiger partial charge is 0.399 e. The third-order valence-corrected chi connectivity index (χ3v) is 1.98. The fourth-order valence-electron chi connectivity index (χ4n) is 1.30. The van der Waals surface area contributed by atoms with Crippen LogP contribution in [0.5, 0.6) is 0 Å².